The number of ether oxygens (including phenoxy) is 1. The van der Waals surface area contributed by atoms with Crippen LogP contribution >= 0.6 is 15.9 Å². The van der Waals surface area contributed by atoms with E-state index in [0.717, 1.165) is 5.56 Å². The van der Waals surface area contributed by atoms with Crippen LogP contribution in [0.4, 0.5) is 5.69 Å². The van der Waals surface area contributed by atoms with Crippen LogP contribution in [-0.4, -0.2) is 15.5 Å². The van der Waals surface area contributed by atoms with Gasteiger partial charge >= 0.3 is 0 Å². The van der Waals surface area contributed by atoms with Gasteiger partial charge in [0.15, 0.2) is 0 Å². The molecule has 0 atom stereocenters. The van der Waals surface area contributed by atoms with E-state index < -0.39 is 10.0 Å². The highest BCUT2D eigenvalue weighted by molar-refractivity contribution is 9.10. The maximum Gasteiger partial charge on any atom is 0.261 e. The normalized spacial score (nSPS) is 11.5. The van der Waals surface area contributed by atoms with Crippen LogP contribution in [0.5, 0.6) is 5.75 Å². The zero-order valence-corrected chi connectivity index (χ0v) is 15.0. The lowest BCUT2D eigenvalue weighted by Crippen LogP contribution is -2.14. The largest absolute Gasteiger partial charge is 0.496 e. The summed E-state index contributed by atoms with van der Waals surface area (Å²) in [5.74, 6) is 0.850. The molecule has 1 N–H and O–H groups in total. The Morgan fingerprint density at radius 3 is 2.41 bits per heavy atom. The maximum absolute atomic E-state index is 12.6. The van der Waals surface area contributed by atoms with E-state index in [1.807, 2.05) is 19.9 Å². The first kappa shape index (κ1) is 16.8. The van der Waals surface area contributed by atoms with Crippen LogP contribution in [0.2, 0.25) is 0 Å². The average molecular weight is 384 g/mol. The molecule has 2 aromatic rings. The van der Waals surface area contributed by atoms with Crippen molar-refractivity contribution in [3.05, 3.63) is 52.5 Å². The smallest absolute Gasteiger partial charge is 0.261 e. The maximum atomic E-state index is 12.6. The number of hydrogen-bond acceptors (Lipinski definition) is 3. The average Bonchev–Trinajstić information content (AvgIpc) is 2.48. The lowest BCUT2D eigenvalue weighted by molar-refractivity contribution is 0.407. The molecule has 0 aromatic heterocycles. The molecule has 0 saturated heterocycles. The monoisotopic (exact) mass is 383 g/mol. The molecule has 118 valence electrons. The van der Waals surface area contributed by atoms with Crippen molar-refractivity contribution in [2.24, 2.45) is 0 Å². The highest BCUT2D eigenvalue weighted by atomic mass is 79.9. The second-order valence-electron chi connectivity index (χ2n) is 5.14. The summed E-state index contributed by atoms with van der Waals surface area (Å²) in [6.45, 7) is 3.99. The number of sulfonamides is 1. The number of hydrogen-bond donors (Lipinski definition) is 1. The van der Waals surface area contributed by atoms with E-state index in [-0.39, 0.29) is 10.8 Å². The third kappa shape index (κ3) is 3.62. The van der Waals surface area contributed by atoms with Crippen molar-refractivity contribution in [3.63, 3.8) is 0 Å². The minimum Gasteiger partial charge on any atom is -0.496 e. The minimum absolute atomic E-state index is 0.161. The van der Waals surface area contributed by atoms with Crippen LogP contribution < -0.4 is 9.46 Å². The van der Waals surface area contributed by atoms with Gasteiger partial charge in [0.2, 0.25) is 0 Å². The van der Waals surface area contributed by atoms with Gasteiger partial charge in [0.05, 0.1) is 17.7 Å². The zero-order chi connectivity index (χ0) is 16.3. The van der Waals surface area contributed by atoms with Gasteiger partial charge in [0, 0.05) is 4.47 Å². The molecule has 0 amide bonds. The molecular formula is C16H18BrNO3S. The Hall–Kier alpha value is -1.53. The van der Waals surface area contributed by atoms with E-state index in [1.165, 1.54) is 0 Å². The summed E-state index contributed by atoms with van der Waals surface area (Å²) < 4.78 is 33.7. The summed E-state index contributed by atoms with van der Waals surface area (Å²) in [5, 5.41) is 0. The molecule has 0 heterocycles. The zero-order valence-electron chi connectivity index (χ0n) is 12.6. The molecule has 0 aliphatic carbocycles. The van der Waals surface area contributed by atoms with Gasteiger partial charge in [-0.2, -0.15) is 0 Å². The van der Waals surface area contributed by atoms with Gasteiger partial charge in [-0.1, -0.05) is 26.0 Å². The standard InChI is InChI=1S/C16H18BrNO3S/c1-11(2)13-10-12(8-9-16(13)21-3)22(19,20)18-15-7-5-4-6-14(15)17/h4-11,18H,1-3H3. The van der Waals surface area contributed by atoms with E-state index in [1.54, 1.807) is 43.5 Å². The van der Waals surface area contributed by atoms with Gasteiger partial charge in [-0.25, -0.2) is 8.42 Å². The van der Waals surface area contributed by atoms with Crippen LogP contribution in [0.25, 0.3) is 0 Å². The van der Waals surface area contributed by atoms with Crippen molar-refractivity contribution in [1.29, 1.82) is 0 Å². The van der Waals surface area contributed by atoms with Crippen molar-refractivity contribution in [3.8, 4) is 5.75 Å². The van der Waals surface area contributed by atoms with E-state index in [4.69, 9.17) is 4.74 Å². The highest BCUT2D eigenvalue weighted by Gasteiger charge is 2.18. The van der Waals surface area contributed by atoms with Crippen molar-refractivity contribution in [1.82, 2.24) is 0 Å². The van der Waals surface area contributed by atoms with Gasteiger partial charge in [-0.05, 0) is 57.7 Å². The molecule has 4 nitrogen and oxygen atoms in total. The summed E-state index contributed by atoms with van der Waals surface area (Å²) in [6.07, 6.45) is 0. The summed E-state index contributed by atoms with van der Waals surface area (Å²) in [5.41, 5.74) is 1.36. The first-order chi connectivity index (χ1) is 10.3. The van der Waals surface area contributed by atoms with Crippen molar-refractivity contribution in [2.75, 3.05) is 11.8 Å². The van der Waals surface area contributed by atoms with Crippen molar-refractivity contribution < 1.29 is 13.2 Å². The fourth-order valence-corrected chi connectivity index (χ4v) is 3.71. The minimum atomic E-state index is -3.65. The van der Waals surface area contributed by atoms with Crippen LogP contribution in [0.1, 0.15) is 25.3 Å². The Balaban J connectivity index is 2.42. The first-order valence-corrected chi connectivity index (χ1v) is 9.08. The van der Waals surface area contributed by atoms with Crippen molar-refractivity contribution >= 4 is 31.6 Å². The van der Waals surface area contributed by atoms with Crippen LogP contribution in [0.3, 0.4) is 0 Å². The van der Waals surface area contributed by atoms with Crippen molar-refractivity contribution in [2.45, 2.75) is 24.7 Å². The Morgan fingerprint density at radius 2 is 1.82 bits per heavy atom. The Bertz CT molecular complexity index is 773. The Kier molecular flexibility index (Phi) is 5.13. The summed E-state index contributed by atoms with van der Waals surface area (Å²) in [4.78, 5) is 0.216. The number of rotatable bonds is 5. The molecule has 0 fully saturated rings. The predicted octanol–water partition coefficient (Wildman–Crippen LogP) is 4.38. The molecule has 0 aliphatic rings. The SMILES string of the molecule is COc1ccc(S(=O)(=O)Nc2ccccc2Br)cc1C(C)C. The van der Waals surface area contributed by atoms with E-state index in [0.29, 0.717) is 15.9 Å². The van der Waals surface area contributed by atoms with E-state index >= 15 is 0 Å². The quantitative estimate of drug-likeness (QED) is 0.832. The number of nitrogens with one attached hydrogen (secondary N) is 1. The Labute approximate surface area is 139 Å². The summed E-state index contributed by atoms with van der Waals surface area (Å²) >= 11 is 3.34. The fourth-order valence-electron chi connectivity index (χ4n) is 2.08. The first-order valence-electron chi connectivity index (χ1n) is 6.80. The van der Waals surface area contributed by atoms with Crippen LogP contribution in [-0.2, 0) is 10.0 Å². The molecule has 6 heteroatoms. The fraction of sp³-hybridized carbons (Fsp3) is 0.250. The molecule has 0 bridgehead atoms. The number of methoxy groups -OCH3 is 1. The molecule has 2 aromatic carbocycles. The number of benzene rings is 2. The molecule has 0 spiro atoms. The predicted molar refractivity (Wildman–Crippen MR) is 92.0 cm³/mol. The van der Waals surface area contributed by atoms with Gasteiger partial charge < -0.3 is 4.74 Å². The summed E-state index contributed by atoms with van der Waals surface area (Å²) in [6, 6.07) is 12.0. The highest BCUT2D eigenvalue weighted by Crippen LogP contribution is 2.30. The lowest BCUT2D eigenvalue weighted by atomic mass is 10.0. The molecular weight excluding hydrogens is 366 g/mol. The van der Waals surface area contributed by atoms with Gasteiger partial charge in [0.25, 0.3) is 10.0 Å². The topological polar surface area (TPSA) is 55.4 Å². The van der Waals surface area contributed by atoms with E-state index in [9.17, 15) is 8.42 Å². The second kappa shape index (κ2) is 6.71. The molecule has 0 aliphatic heterocycles. The number of halogens is 1. The summed E-state index contributed by atoms with van der Waals surface area (Å²) in [7, 11) is -2.07. The molecule has 2 rings (SSSR count). The molecule has 0 unspecified atom stereocenters. The number of anilines is 1. The van der Waals surface area contributed by atoms with Gasteiger partial charge in [-0.15, -0.1) is 0 Å². The molecule has 0 radical (unpaired) electrons. The third-order valence-electron chi connectivity index (χ3n) is 3.25. The molecule has 0 saturated carbocycles. The van der Waals surface area contributed by atoms with Crippen LogP contribution in [0, 0.1) is 0 Å². The second-order valence-corrected chi connectivity index (χ2v) is 7.68. The lowest BCUT2D eigenvalue weighted by Gasteiger charge is -2.15. The van der Waals surface area contributed by atoms with E-state index in [2.05, 4.69) is 20.7 Å². The van der Waals surface area contributed by atoms with Gasteiger partial charge in [0.1, 0.15) is 5.75 Å². The van der Waals surface area contributed by atoms with Crippen LogP contribution in [0.15, 0.2) is 51.8 Å². The Morgan fingerprint density at radius 1 is 1.14 bits per heavy atom. The molecule has 22 heavy (non-hydrogen) atoms. The van der Waals surface area contributed by atoms with Gasteiger partial charge in [-0.3, -0.25) is 4.72 Å². The number of para-hydroxylation sites is 1. The third-order valence-corrected chi connectivity index (χ3v) is 5.31.